The molecule has 34 heavy (non-hydrogen) atoms. The Morgan fingerprint density at radius 3 is 2.21 bits per heavy atom. The number of hydrogen-bond donors (Lipinski definition) is 4. The molecule has 0 amide bonds. The van der Waals surface area contributed by atoms with Crippen molar-refractivity contribution < 1.29 is 20.4 Å². The van der Waals surface area contributed by atoms with Crippen molar-refractivity contribution in [3.8, 4) is 0 Å². The third kappa shape index (κ3) is 2.86. The normalized spacial score (nSPS) is 54.1. The molecule has 3 saturated carbocycles. The third-order valence-electron chi connectivity index (χ3n) is 12.7. The Bertz CT molecular complexity index is 921. The molecule has 0 aromatic carbocycles. The third-order valence-corrected chi connectivity index (χ3v) is 12.7. The molecular formula is C30H48O4. The van der Waals surface area contributed by atoms with Gasteiger partial charge in [-0.2, -0.15) is 0 Å². The molecule has 192 valence electrons. The number of hydrogen-bond acceptors (Lipinski definition) is 4. The van der Waals surface area contributed by atoms with Crippen molar-refractivity contribution in [2.24, 2.45) is 44.3 Å². The molecule has 4 nitrogen and oxygen atoms in total. The zero-order valence-electron chi connectivity index (χ0n) is 22.3. The minimum Gasteiger partial charge on any atom is -0.396 e. The average molecular weight is 473 g/mol. The Labute approximate surface area is 206 Å². The van der Waals surface area contributed by atoms with Crippen LogP contribution in [0, 0.1) is 44.3 Å². The van der Waals surface area contributed by atoms with Crippen LogP contribution in [-0.2, 0) is 0 Å². The number of aliphatic hydroxyl groups excluding tert-OH is 4. The molecule has 5 rings (SSSR count). The van der Waals surface area contributed by atoms with E-state index < -0.39 is 23.0 Å². The molecule has 0 aromatic rings. The average Bonchev–Trinajstić information content (AvgIpc) is 2.77. The highest BCUT2D eigenvalue weighted by atomic mass is 16.3. The molecule has 0 spiro atoms. The zero-order valence-corrected chi connectivity index (χ0v) is 22.3. The van der Waals surface area contributed by atoms with Crippen LogP contribution in [-0.4, -0.2) is 45.8 Å². The lowest BCUT2D eigenvalue weighted by Crippen LogP contribution is -2.65. The standard InChI is InChI=1S/C30H48O4/c1-25(2)13-14-30(18-32)20(15-25)19-7-8-22-26(3)11-10-23(33)27(4,17-31)21(26)9-12-28(22,5)29(19,6)16-24(30)34/h7-8,21-24,31-34H,9-18H2,1-6H3/t21-,22-,23+,24+,26+,27+,28-,29-,30+/m1/s1. The van der Waals surface area contributed by atoms with Crippen LogP contribution >= 0.6 is 0 Å². The van der Waals surface area contributed by atoms with Gasteiger partial charge in [-0.3, -0.25) is 0 Å². The summed E-state index contributed by atoms with van der Waals surface area (Å²) < 4.78 is 0. The van der Waals surface area contributed by atoms with E-state index in [4.69, 9.17) is 0 Å². The fourth-order valence-corrected chi connectivity index (χ4v) is 10.1. The summed E-state index contributed by atoms with van der Waals surface area (Å²) in [7, 11) is 0. The summed E-state index contributed by atoms with van der Waals surface area (Å²) in [6.45, 7) is 14.1. The number of rotatable bonds is 2. The second-order valence-electron chi connectivity index (χ2n) is 14.7. The van der Waals surface area contributed by atoms with Crippen molar-refractivity contribution in [2.45, 2.75) is 105 Å². The van der Waals surface area contributed by atoms with E-state index in [1.54, 1.807) is 0 Å². The van der Waals surface area contributed by atoms with Crippen LogP contribution in [0.4, 0.5) is 0 Å². The monoisotopic (exact) mass is 472 g/mol. The molecular weight excluding hydrogens is 424 g/mol. The fraction of sp³-hybridized carbons (Fsp3) is 0.867. The molecule has 0 aromatic heterocycles. The lowest BCUT2D eigenvalue weighted by atomic mass is 9.35. The molecule has 9 atom stereocenters. The van der Waals surface area contributed by atoms with Crippen LogP contribution in [0.25, 0.3) is 0 Å². The van der Waals surface area contributed by atoms with E-state index in [9.17, 15) is 20.4 Å². The van der Waals surface area contributed by atoms with E-state index in [0.29, 0.717) is 12.3 Å². The molecule has 0 unspecified atom stereocenters. The minimum atomic E-state index is -0.525. The molecule has 0 radical (unpaired) electrons. The van der Waals surface area contributed by atoms with Crippen LogP contribution in [0.2, 0.25) is 0 Å². The van der Waals surface area contributed by atoms with Gasteiger partial charge in [0.15, 0.2) is 0 Å². The largest absolute Gasteiger partial charge is 0.396 e. The highest BCUT2D eigenvalue weighted by Crippen LogP contribution is 2.74. The predicted molar refractivity (Wildman–Crippen MR) is 135 cm³/mol. The first-order valence-electron chi connectivity index (χ1n) is 13.7. The second kappa shape index (κ2) is 7.43. The zero-order chi connectivity index (χ0) is 24.9. The molecule has 4 heteroatoms. The van der Waals surface area contributed by atoms with Gasteiger partial charge in [-0.25, -0.2) is 0 Å². The van der Waals surface area contributed by atoms with Gasteiger partial charge in [-0.05, 0) is 85.0 Å². The van der Waals surface area contributed by atoms with Crippen LogP contribution in [0.1, 0.15) is 92.9 Å². The van der Waals surface area contributed by atoms with Gasteiger partial charge in [0.1, 0.15) is 0 Å². The van der Waals surface area contributed by atoms with Crippen molar-refractivity contribution in [3.05, 3.63) is 23.3 Å². The van der Waals surface area contributed by atoms with E-state index in [-0.39, 0.29) is 40.8 Å². The molecule has 3 fully saturated rings. The maximum Gasteiger partial charge on any atom is 0.0664 e. The molecule has 0 heterocycles. The lowest BCUT2D eigenvalue weighted by molar-refractivity contribution is -0.203. The smallest absolute Gasteiger partial charge is 0.0664 e. The Kier molecular flexibility index (Phi) is 5.46. The summed E-state index contributed by atoms with van der Waals surface area (Å²) >= 11 is 0. The number of aliphatic hydroxyl groups is 4. The van der Waals surface area contributed by atoms with Crippen molar-refractivity contribution in [3.63, 3.8) is 0 Å². The van der Waals surface area contributed by atoms with Crippen LogP contribution in [0.15, 0.2) is 23.3 Å². The summed E-state index contributed by atoms with van der Waals surface area (Å²) in [4.78, 5) is 0. The molecule has 0 saturated heterocycles. The Hall–Kier alpha value is -0.680. The summed E-state index contributed by atoms with van der Waals surface area (Å²) in [6.07, 6.45) is 11.1. The van der Waals surface area contributed by atoms with Gasteiger partial charge in [0.2, 0.25) is 0 Å². The summed E-state index contributed by atoms with van der Waals surface area (Å²) in [5, 5.41) is 43.6. The first-order chi connectivity index (χ1) is 15.7. The van der Waals surface area contributed by atoms with E-state index in [1.807, 2.05) is 0 Å². The molecule has 5 aliphatic rings. The Morgan fingerprint density at radius 1 is 0.853 bits per heavy atom. The van der Waals surface area contributed by atoms with Gasteiger partial charge >= 0.3 is 0 Å². The minimum absolute atomic E-state index is 0.00171. The summed E-state index contributed by atoms with van der Waals surface area (Å²) in [5.74, 6) is 0.602. The number of fused-ring (bicyclic) bond motifs is 6. The fourth-order valence-electron chi connectivity index (χ4n) is 10.1. The predicted octanol–water partition coefficient (Wildman–Crippen LogP) is 5.00. The van der Waals surface area contributed by atoms with Crippen LogP contribution < -0.4 is 0 Å². The Balaban J connectivity index is 1.68. The van der Waals surface area contributed by atoms with Crippen molar-refractivity contribution in [1.82, 2.24) is 0 Å². The van der Waals surface area contributed by atoms with E-state index in [1.165, 1.54) is 11.1 Å². The molecule has 4 N–H and O–H groups in total. The van der Waals surface area contributed by atoms with Gasteiger partial charge in [-0.15, -0.1) is 0 Å². The first-order valence-corrected chi connectivity index (χ1v) is 13.7. The van der Waals surface area contributed by atoms with Crippen molar-refractivity contribution in [2.75, 3.05) is 13.2 Å². The maximum atomic E-state index is 11.7. The summed E-state index contributed by atoms with van der Waals surface area (Å²) in [6, 6.07) is 0. The van der Waals surface area contributed by atoms with Crippen molar-refractivity contribution in [1.29, 1.82) is 0 Å². The van der Waals surface area contributed by atoms with Gasteiger partial charge in [0, 0.05) is 16.2 Å². The first kappa shape index (κ1) is 25.0. The highest BCUT2D eigenvalue weighted by molar-refractivity contribution is 5.47. The van der Waals surface area contributed by atoms with E-state index in [2.05, 4.69) is 53.7 Å². The molecule has 0 bridgehead atoms. The van der Waals surface area contributed by atoms with E-state index in [0.717, 1.165) is 44.9 Å². The van der Waals surface area contributed by atoms with Gasteiger partial charge in [0.05, 0.1) is 25.4 Å². The molecule has 0 aliphatic heterocycles. The molecule has 5 aliphatic carbocycles. The van der Waals surface area contributed by atoms with Crippen molar-refractivity contribution >= 4 is 0 Å². The summed E-state index contributed by atoms with van der Waals surface area (Å²) in [5.41, 5.74) is 1.75. The SMILES string of the molecule is CC1(C)CC[C@]2(CO)C(=C3C=C[C@@H]4[C@@]5(C)CC[C@H](O)[C@@](C)(CO)[C@@H]5CC[C@@]4(C)[C@]3(C)C[C@@H]2O)C1. The maximum absolute atomic E-state index is 11.7. The van der Waals surface area contributed by atoms with Crippen LogP contribution in [0.5, 0.6) is 0 Å². The quantitative estimate of drug-likeness (QED) is 0.456. The van der Waals surface area contributed by atoms with Gasteiger partial charge in [0.25, 0.3) is 0 Å². The highest BCUT2D eigenvalue weighted by Gasteiger charge is 2.68. The van der Waals surface area contributed by atoms with Crippen LogP contribution in [0.3, 0.4) is 0 Å². The Morgan fingerprint density at radius 2 is 1.56 bits per heavy atom. The topological polar surface area (TPSA) is 80.9 Å². The van der Waals surface area contributed by atoms with Gasteiger partial charge in [-0.1, -0.05) is 59.3 Å². The second-order valence-corrected chi connectivity index (χ2v) is 14.7. The lowest BCUT2D eigenvalue weighted by Gasteiger charge is -2.70. The van der Waals surface area contributed by atoms with Gasteiger partial charge < -0.3 is 20.4 Å². The van der Waals surface area contributed by atoms with E-state index >= 15 is 0 Å². The number of allylic oxidation sites excluding steroid dienone is 3.